The maximum Gasteiger partial charge on any atom is 0.494 e. The molecule has 0 bridgehead atoms. The lowest BCUT2D eigenvalue weighted by Gasteiger charge is -2.36. The Balaban J connectivity index is 1.45. The number of rotatable bonds is 8. The molecular weight excluding hydrogens is 425 g/mol. The molecule has 0 spiro atoms. The van der Waals surface area contributed by atoms with Crippen molar-refractivity contribution in [2.45, 2.75) is 70.1 Å². The lowest BCUT2D eigenvalue weighted by atomic mass is 9.76. The fraction of sp³-hybridized carbons (Fsp3) is 0.464. The summed E-state index contributed by atoms with van der Waals surface area (Å²) in [6.07, 6.45) is 8.04. The van der Waals surface area contributed by atoms with Gasteiger partial charge in [0.2, 0.25) is 0 Å². The molecule has 34 heavy (non-hydrogen) atoms. The van der Waals surface area contributed by atoms with Crippen molar-refractivity contribution in [2.75, 3.05) is 6.54 Å². The van der Waals surface area contributed by atoms with Crippen LogP contribution in [0.3, 0.4) is 0 Å². The molecule has 2 aromatic carbocycles. The summed E-state index contributed by atoms with van der Waals surface area (Å²) in [7, 11) is -0.377. The van der Waals surface area contributed by atoms with E-state index in [1.54, 1.807) is 0 Å². The van der Waals surface area contributed by atoms with Crippen LogP contribution in [0.1, 0.15) is 64.5 Å². The van der Waals surface area contributed by atoms with Crippen LogP contribution in [0.4, 0.5) is 0 Å². The molecule has 6 heteroatoms. The Kier molecular flexibility index (Phi) is 7.04. The molecule has 180 valence electrons. The number of carboxylic acids is 1. The molecule has 1 atom stereocenters. The SMILES string of the molecule is CC1(C)OB(c2ccc(/C=C/CNC(C(=O)O)(c3ccccc3)C3CCCC3)cc2)OC1(C)C. The van der Waals surface area contributed by atoms with Gasteiger partial charge in [-0.3, -0.25) is 5.32 Å². The third-order valence-corrected chi connectivity index (χ3v) is 7.80. The molecule has 0 radical (unpaired) electrons. The third kappa shape index (κ3) is 4.72. The number of hydrogen-bond donors (Lipinski definition) is 2. The van der Waals surface area contributed by atoms with E-state index in [0.29, 0.717) is 6.54 Å². The van der Waals surface area contributed by atoms with E-state index in [4.69, 9.17) is 9.31 Å². The number of nitrogens with one attached hydrogen (secondary N) is 1. The minimum Gasteiger partial charge on any atom is -0.480 e. The lowest BCUT2D eigenvalue weighted by molar-refractivity contribution is -0.148. The first-order valence-electron chi connectivity index (χ1n) is 12.3. The molecule has 0 amide bonds. The van der Waals surface area contributed by atoms with Crippen LogP contribution in [0.15, 0.2) is 60.7 Å². The molecule has 1 heterocycles. The summed E-state index contributed by atoms with van der Waals surface area (Å²) in [5, 5.41) is 13.8. The first-order valence-corrected chi connectivity index (χ1v) is 12.3. The van der Waals surface area contributed by atoms with Crippen molar-refractivity contribution in [1.82, 2.24) is 5.32 Å². The van der Waals surface area contributed by atoms with Gasteiger partial charge in [-0.2, -0.15) is 0 Å². The van der Waals surface area contributed by atoms with Gasteiger partial charge in [-0.25, -0.2) is 4.79 Å². The maximum atomic E-state index is 12.6. The van der Waals surface area contributed by atoms with Crippen molar-refractivity contribution in [1.29, 1.82) is 0 Å². The minimum absolute atomic E-state index is 0.0833. The molecule has 2 aliphatic rings. The highest BCUT2D eigenvalue weighted by atomic mass is 16.7. The van der Waals surface area contributed by atoms with Crippen molar-refractivity contribution in [3.8, 4) is 0 Å². The van der Waals surface area contributed by atoms with Crippen LogP contribution in [-0.2, 0) is 19.6 Å². The Morgan fingerprint density at radius 2 is 1.62 bits per heavy atom. The molecule has 1 unspecified atom stereocenters. The van der Waals surface area contributed by atoms with E-state index in [-0.39, 0.29) is 24.2 Å². The van der Waals surface area contributed by atoms with Gasteiger partial charge in [0.1, 0.15) is 5.54 Å². The van der Waals surface area contributed by atoms with Gasteiger partial charge in [0.15, 0.2) is 0 Å². The van der Waals surface area contributed by atoms with Crippen LogP contribution < -0.4 is 10.8 Å². The Morgan fingerprint density at radius 1 is 1.03 bits per heavy atom. The van der Waals surface area contributed by atoms with Gasteiger partial charge in [0.05, 0.1) is 11.2 Å². The van der Waals surface area contributed by atoms with Crippen molar-refractivity contribution in [3.63, 3.8) is 0 Å². The van der Waals surface area contributed by atoms with Crippen molar-refractivity contribution in [3.05, 3.63) is 71.8 Å². The van der Waals surface area contributed by atoms with E-state index in [2.05, 4.69) is 33.0 Å². The van der Waals surface area contributed by atoms with E-state index in [1.807, 2.05) is 66.7 Å². The Bertz CT molecular complexity index is 996. The number of aliphatic carboxylic acids is 1. The summed E-state index contributed by atoms with van der Waals surface area (Å²) in [5.74, 6) is -0.717. The monoisotopic (exact) mass is 461 g/mol. The molecule has 1 aliphatic heterocycles. The summed E-state index contributed by atoms with van der Waals surface area (Å²) in [6, 6.07) is 17.7. The zero-order chi connectivity index (χ0) is 24.4. The van der Waals surface area contributed by atoms with Crippen LogP contribution in [0.2, 0.25) is 0 Å². The van der Waals surface area contributed by atoms with Gasteiger partial charge >= 0.3 is 13.1 Å². The molecule has 0 aromatic heterocycles. The van der Waals surface area contributed by atoms with E-state index in [1.165, 1.54) is 0 Å². The summed E-state index contributed by atoms with van der Waals surface area (Å²) in [4.78, 5) is 12.6. The van der Waals surface area contributed by atoms with Crippen LogP contribution in [0, 0.1) is 5.92 Å². The largest absolute Gasteiger partial charge is 0.494 e. The first kappa shape index (κ1) is 24.7. The zero-order valence-electron chi connectivity index (χ0n) is 20.7. The number of carbonyl (C=O) groups is 1. The van der Waals surface area contributed by atoms with Gasteiger partial charge in [0.25, 0.3) is 0 Å². The van der Waals surface area contributed by atoms with E-state index in [0.717, 1.165) is 42.3 Å². The Morgan fingerprint density at radius 3 is 2.18 bits per heavy atom. The molecule has 1 saturated carbocycles. The normalized spacial score (nSPS) is 21.7. The van der Waals surface area contributed by atoms with Crippen LogP contribution in [0.25, 0.3) is 6.08 Å². The molecule has 4 rings (SSSR count). The van der Waals surface area contributed by atoms with Gasteiger partial charge < -0.3 is 14.4 Å². The predicted molar refractivity (Wildman–Crippen MR) is 137 cm³/mol. The van der Waals surface area contributed by atoms with E-state index >= 15 is 0 Å². The second kappa shape index (κ2) is 9.69. The fourth-order valence-electron chi connectivity index (χ4n) is 5.07. The van der Waals surface area contributed by atoms with Crippen LogP contribution >= 0.6 is 0 Å². The second-order valence-corrected chi connectivity index (χ2v) is 10.5. The fourth-order valence-corrected chi connectivity index (χ4v) is 5.07. The quantitative estimate of drug-likeness (QED) is 0.555. The molecule has 2 fully saturated rings. The topological polar surface area (TPSA) is 67.8 Å². The average molecular weight is 461 g/mol. The Labute approximate surface area is 203 Å². The third-order valence-electron chi connectivity index (χ3n) is 7.80. The van der Waals surface area contributed by atoms with Gasteiger partial charge in [0, 0.05) is 6.54 Å². The molecule has 1 aliphatic carbocycles. The van der Waals surface area contributed by atoms with Crippen molar-refractivity contribution >= 4 is 24.6 Å². The molecule has 5 nitrogen and oxygen atoms in total. The number of benzene rings is 2. The van der Waals surface area contributed by atoms with Gasteiger partial charge in [-0.05, 0) is 63.0 Å². The highest BCUT2D eigenvalue weighted by Gasteiger charge is 2.51. The minimum atomic E-state index is -1.07. The molecular formula is C28H36BNO4. The molecule has 2 N–H and O–H groups in total. The van der Waals surface area contributed by atoms with Crippen LogP contribution in [-0.4, -0.2) is 35.9 Å². The average Bonchev–Trinajstić information content (AvgIpc) is 3.41. The van der Waals surface area contributed by atoms with E-state index < -0.39 is 11.5 Å². The zero-order valence-corrected chi connectivity index (χ0v) is 20.7. The van der Waals surface area contributed by atoms with Crippen molar-refractivity contribution < 1.29 is 19.2 Å². The maximum absolute atomic E-state index is 12.6. The highest BCUT2D eigenvalue weighted by Crippen LogP contribution is 2.41. The summed E-state index contributed by atoms with van der Waals surface area (Å²) >= 11 is 0. The standard InChI is InChI=1S/C28H36BNO4/c1-26(2)27(3,4)34-29(33-26)24-18-16-21(17-19-24)11-10-20-30-28(25(31)32,23-14-8-9-15-23)22-12-6-5-7-13-22/h5-7,10-13,16-19,23,30H,8-9,14-15,20H2,1-4H3,(H,31,32)/b11-10+. The highest BCUT2D eigenvalue weighted by molar-refractivity contribution is 6.62. The summed E-state index contributed by atoms with van der Waals surface area (Å²) < 4.78 is 12.3. The number of hydrogen-bond acceptors (Lipinski definition) is 4. The molecule has 1 saturated heterocycles. The number of carboxylic acid groups (broad SMARTS) is 1. The lowest BCUT2D eigenvalue weighted by Crippen LogP contribution is -2.54. The van der Waals surface area contributed by atoms with E-state index in [9.17, 15) is 9.90 Å². The summed E-state index contributed by atoms with van der Waals surface area (Å²) in [6.45, 7) is 8.67. The smallest absolute Gasteiger partial charge is 0.480 e. The molecule has 2 aromatic rings. The van der Waals surface area contributed by atoms with Crippen LogP contribution in [0.5, 0.6) is 0 Å². The second-order valence-electron chi connectivity index (χ2n) is 10.5. The summed E-state index contributed by atoms with van der Waals surface area (Å²) in [5.41, 5.74) is 1.07. The Hall–Kier alpha value is -2.41. The predicted octanol–water partition coefficient (Wildman–Crippen LogP) is 4.76. The first-order chi connectivity index (χ1) is 16.2. The van der Waals surface area contributed by atoms with Gasteiger partial charge in [-0.1, -0.05) is 79.6 Å². The van der Waals surface area contributed by atoms with Gasteiger partial charge in [-0.15, -0.1) is 0 Å². The van der Waals surface area contributed by atoms with Crippen molar-refractivity contribution in [2.24, 2.45) is 5.92 Å².